The molecule has 0 radical (unpaired) electrons. The minimum atomic E-state index is -0.642. The van der Waals surface area contributed by atoms with Crippen LogP contribution in [0.15, 0.2) is 0 Å². The summed E-state index contributed by atoms with van der Waals surface area (Å²) in [7, 11) is 0. The Balaban J connectivity index is 2.43. The first-order valence-corrected chi connectivity index (χ1v) is 5.54. The molecular weight excluding hydrogens is 178 g/mol. The van der Waals surface area contributed by atoms with Crippen LogP contribution < -0.4 is 0 Å². The van der Waals surface area contributed by atoms with Gasteiger partial charge in [0.2, 0.25) is 0 Å². The van der Waals surface area contributed by atoms with Gasteiger partial charge in [-0.2, -0.15) is 0 Å². The molecule has 0 amide bonds. The van der Waals surface area contributed by atoms with Gasteiger partial charge in [0.25, 0.3) is 0 Å². The van der Waals surface area contributed by atoms with Crippen molar-refractivity contribution >= 4 is 0 Å². The normalized spacial score (nSPS) is 29.1. The van der Waals surface area contributed by atoms with Gasteiger partial charge in [-0.25, -0.2) is 0 Å². The molecule has 0 spiro atoms. The van der Waals surface area contributed by atoms with Gasteiger partial charge in [0.05, 0.1) is 11.7 Å². The Morgan fingerprint density at radius 2 is 2.14 bits per heavy atom. The number of nitrogens with zero attached hydrogens (tertiary/aromatic N) is 1. The highest BCUT2D eigenvalue weighted by Crippen LogP contribution is 2.20. The second-order valence-corrected chi connectivity index (χ2v) is 5.04. The molecule has 0 bridgehead atoms. The van der Waals surface area contributed by atoms with Crippen molar-refractivity contribution in [1.82, 2.24) is 4.90 Å². The molecule has 1 fully saturated rings. The van der Waals surface area contributed by atoms with Gasteiger partial charge in [-0.15, -0.1) is 0 Å². The fourth-order valence-corrected chi connectivity index (χ4v) is 1.81. The summed E-state index contributed by atoms with van der Waals surface area (Å²) in [5, 5.41) is 19.6. The molecule has 3 nitrogen and oxygen atoms in total. The van der Waals surface area contributed by atoms with Crippen molar-refractivity contribution < 1.29 is 10.2 Å². The highest BCUT2D eigenvalue weighted by atomic mass is 16.3. The topological polar surface area (TPSA) is 43.7 Å². The molecule has 1 rings (SSSR count). The molecule has 2 atom stereocenters. The number of hydrogen-bond acceptors (Lipinski definition) is 3. The van der Waals surface area contributed by atoms with Crippen molar-refractivity contribution in [3.05, 3.63) is 0 Å². The van der Waals surface area contributed by atoms with E-state index in [-0.39, 0.29) is 12.0 Å². The van der Waals surface area contributed by atoms with Crippen molar-refractivity contribution in [2.24, 2.45) is 5.92 Å². The number of piperidine rings is 1. The average Bonchev–Trinajstić information content (AvgIpc) is 2.02. The third-order valence-corrected chi connectivity index (χ3v) is 3.27. The lowest BCUT2D eigenvalue weighted by molar-refractivity contribution is -0.0373. The van der Waals surface area contributed by atoms with E-state index in [1.807, 2.05) is 20.8 Å². The fraction of sp³-hybridized carbons (Fsp3) is 1.00. The highest BCUT2D eigenvalue weighted by Gasteiger charge is 2.29. The van der Waals surface area contributed by atoms with Crippen LogP contribution in [0, 0.1) is 5.92 Å². The summed E-state index contributed by atoms with van der Waals surface area (Å²) in [5.41, 5.74) is -0.642. The van der Waals surface area contributed by atoms with Gasteiger partial charge < -0.3 is 10.2 Å². The third-order valence-electron chi connectivity index (χ3n) is 3.27. The zero-order chi connectivity index (χ0) is 10.8. The van der Waals surface area contributed by atoms with Crippen molar-refractivity contribution in [3.8, 4) is 0 Å². The first-order valence-electron chi connectivity index (χ1n) is 5.54. The van der Waals surface area contributed by atoms with Gasteiger partial charge in [-0.05, 0) is 32.2 Å². The van der Waals surface area contributed by atoms with E-state index in [1.165, 1.54) is 0 Å². The van der Waals surface area contributed by atoms with E-state index in [0.717, 1.165) is 19.4 Å². The van der Waals surface area contributed by atoms with E-state index in [1.54, 1.807) is 0 Å². The maximum absolute atomic E-state index is 10.1. The van der Waals surface area contributed by atoms with Crippen molar-refractivity contribution in [1.29, 1.82) is 0 Å². The Bertz CT molecular complexity index is 180. The highest BCUT2D eigenvalue weighted by molar-refractivity contribution is 4.83. The van der Waals surface area contributed by atoms with Crippen LogP contribution in [0.1, 0.15) is 33.6 Å². The first-order chi connectivity index (χ1) is 6.42. The number of likely N-dealkylation sites (tertiary alicyclic amines) is 1. The average molecular weight is 201 g/mol. The smallest absolute Gasteiger partial charge is 0.0768 e. The Labute approximate surface area is 86.7 Å². The predicted octanol–water partition coefficient (Wildman–Crippen LogP) is 0.850. The molecule has 84 valence electrons. The summed E-state index contributed by atoms with van der Waals surface area (Å²) in [5.74, 6) is 0.251. The van der Waals surface area contributed by atoms with Crippen LogP contribution in [0.3, 0.4) is 0 Å². The van der Waals surface area contributed by atoms with E-state index in [0.29, 0.717) is 13.1 Å². The molecule has 14 heavy (non-hydrogen) atoms. The largest absolute Gasteiger partial charge is 0.392 e. The molecule has 1 aliphatic rings. The van der Waals surface area contributed by atoms with Crippen LogP contribution >= 0.6 is 0 Å². The van der Waals surface area contributed by atoms with E-state index in [2.05, 4.69) is 4.90 Å². The number of hydrogen-bond donors (Lipinski definition) is 2. The van der Waals surface area contributed by atoms with Crippen LogP contribution in [0.5, 0.6) is 0 Å². The maximum atomic E-state index is 10.1. The second kappa shape index (κ2) is 4.60. The van der Waals surface area contributed by atoms with Crippen molar-refractivity contribution in [2.45, 2.75) is 45.3 Å². The molecule has 1 saturated heterocycles. The van der Waals surface area contributed by atoms with Crippen molar-refractivity contribution in [3.63, 3.8) is 0 Å². The Morgan fingerprint density at radius 1 is 1.50 bits per heavy atom. The number of aliphatic hydroxyl groups is 2. The summed E-state index contributed by atoms with van der Waals surface area (Å²) in [4.78, 5) is 2.16. The summed E-state index contributed by atoms with van der Waals surface area (Å²) >= 11 is 0. The molecule has 3 heteroatoms. The monoisotopic (exact) mass is 201 g/mol. The number of β-amino-alcohol motifs (C(OH)–C–C–N with tert-alkyl or cyclic N) is 2. The zero-order valence-electron chi connectivity index (χ0n) is 9.53. The molecule has 2 unspecified atom stereocenters. The first kappa shape index (κ1) is 12.0. The summed E-state index contributed by atoms with van der Waals surface area (Å²) in [6.07, 6.45) is 1.74. The van der Waals surface area contributed by atoms with Gasteiger partial charge in [-0.3, -0.25) is 4.90 Å². The lowest BCUT2D eigenvalue weighted by atomic mass is 9.91. The summed E-state index contributed by atoms with van der Waals surface area (Å²) in [6, 6.07) is 0. The van der Waals surface area contributed by atoms with E-state index in [4.69, 9.17) is 0 Å². The maximum Gasteiger partial charge on any atom is 0.0768 e. The Hall–Kier alpha value is -0.120. The van der Waals surface area contributed by atoms with Gasteiger partial charge in [0.1, 0.15) is 0 Å². The molecule has 0 aromatic rings. The van der Waals surface area contributed by atoms with Crippen LogP contribution in [-0.4, -0.2) is 46.5 Å². The second-order valence-electron chi connectivity index (χ2n) is 5.04. The van der Waals surface area contributed by atoms with Gasteiger partial charge >= 0.3 is 0 Å². The Kier molecular flexibility index (Phi) is 3.93. The minimum Gasteiger partial charge on any atom is -0.392 e. The molecular formula is C11H23NO2. The SMILES string of the molecule is CC(C)C(C)(O)CN1CCCC(O)C1. The third kappa shape index (κ3) is 3.23. The number of rotatable bonds is 3. The number of aliphatic hydroxyl groups excluding tert-OH is 1. The zero-order valence-corrected chi connectivity index (χ0v) is 9.53. The lowest BCUT2D eigenvalue weighted by Gasteiger charge is -2.37. The fourth-order valence-electron chi connectivity index (χ4n) is 1.81. The van der Waals surface area contributed by atoms with Gasteiger partial charge in [0.15, 0.2) is 0 Å². The lowest BCUT2D eigenvalue weighted by Crippen LogP contribution is -2.49. The molecule has 0 aliphatic carbocycles. The predicted molar refractivity (Wildman–Crippen MR) is 57.1 cm³/mol. The quantitative estimate of drug-likeness (QED) is 0.711. The van der Waals surface area contributed by atoms with Crippen LogP contribution in [0.2, 0.25) is 0 Å². The Morgan fingerprint density at radius 3 is 2.64 bits per heavy atom. The van der Waals surface area contributed by atoms with Gasteiger partial charge in [-0.1, -0.05) is 13.8 Å². The molecule has 1 heterocycles. The van der Waals surface area contributed by atoms with Crippen LogP contribution in [0.4, 0.5) is 0 Å². The standard InChI is InChI=1S/C11H23NO2/c1-9(2)11(3,14)8-12-6-4-5-10(13)7-12/h9-10,13-14H,4-8H2,1-3H3. The van der Waals surface area contributed by atoms with E-state index in [9.17, 15) is 10.2 Å². The van der Waals surface area contributed by atoms with E-state index < -0.39 is 5.60 Å². The summed E-state index contributed by atoms with van der Waals surface area (Å²) in [6.45, 7) is 8.31. The van der Waals surface area contributed by atoms with Crippen LogP contribution in [-0.2, 0) is 0 Å². The molecule has 0 aromatic carbocycles. The minimum absolute atomic E-state index is 0.202. The van der Waals surface area contributed by atoms with Crippen molar-refractivity contribution in [2.75, 3.05) is 19.6 Å². The molecule has 0 saturated carbocycles. The van der Waals surface area contributed by atoms with Gasteiger partial charge in [0, 0.05) is 13.1 Å². The molecule has 2 N–H and O–H groups in total. The molecule has 0 aromatic heterocycles. The summed E-state index contributed by atoms with van der Waals surface area (Å²) < 4.78 is 0. The molecule has 1 aliphatic heterocycles. The van der Waals surface area contributed by atoms with Crippen LogP contribution in [0.25, 0.3) is 0 Å². The van der Waals surface area contributed by atoms with E-state index >= 15 is 0 Å².